The van der Waals surface area contributed by atoms with Crippen molar-refractivity contribution in [2.75, 3.05) is 5.32 Å². The van der Waals surface area contributed by atoms with Crippen LogP contribution in [0.5, 0.6) is 0 Å². The molecule has 4 nitrogen and oxygen atoms in total. The number of hydrogen-bond donors (Lipinski definition) is 3. The van der Waals surface area contributed by atoms with Gasteiger partial charge in [0.15, 0.2) is 0 Å². The Morgan fingerprint density at radius 2 is 1.96 bits per heavy atom. The van der Waals surface area contributed by atoms with E-state index in [0.29, 0.717) is 11.3 Å². The molecule has 0 fully saturated rings. The summed E-state index contributed by atoms with van der Waals surface area (Å²) in [6.07, 6.45) is 5.06. The van der Waals surface area contributed by atoms with Gasteiger partial charge in [0, 0.05) is 27.5 Å². The third-order valence-corrected chi connectivity index (χ3v) is 7.39. The van der Waals surface area contributed by atoms with Crippen molar-refractivity contribution in [2.24, 2.45) is 11.3 Å². The largest absolute Gasteiger partial charge is 0.361 e. The molecule has 0 spiro atoms. The lowest BCUT2D eigenvalue weighted by Gasteiger charge is -2.34. The van der Waals surface area contributed by atoms with Crippen LogP contribution in [-0.2, 0) is 12.8 Å². The number of aromatic amines is 1. The number of H-pyrrole nitrogens is 1. The summed E-state index contributed by atoms with van der Waals surface area (Å²) in [7, 11) is 0. The third kappa shape index (κ3) is 2.67. The summed E-state index contributed by atoms with van der Waals surface area (Å²) >= 11 is 1.79. The summed E-state index contributed by atoms with van der Waals surface area (Å²) in [6.45, 7) is 6.98. The second kappa shape index (κ2) is 5.86. The van der Waals surface area contributed by atoms with Gasteiger partial charge in [-0.1, -0.05) is 39.0 Å². The van der Waals surface area contributed by atoms with Gasteiger partial charge in [0.1, 0.15) is 11.2 Å². The molecule has 5 rings (SSSR count). The van der Waals surface area contributed by atoms with Crippen LogP contribution in [0.15, 0.2) is 30.5 Å². The number of rotatable bonds is 1. The minimum Gasteiger partial charge on any atom is -0.361 e. The van der Waals surface area contributed by atoms with Gasteiger partial charge in [0.2, 0.25) is 0 Å². The van der Waals surface area contributed by atoms with Crippen LogP contribution in [0.4, 0.5) is 5.00 Å². The Hall–Kier alpha value is -2.27. The molecular weight excluding hydrogens is 354 g/mol. The molecule has 3 heterocycles. The number of anilines is 1. The van der Waals surface area contributed by atoms with Crippen molar-refractivity contribution < 1.29 is 4.79 Å². The lowest BCUT2D eigenvalue weighted by atomic mass is 9.72. The number of nitrogens with one attached hydrogen (secondary N) is 3. The number of thiophene rings is 1. The molecule has 27 heavy (non-hydrogen) atoms. The molecule has 1 aliphatic heterocycles. The fourth-order valence-electron chi connectivity index (χ4n) is 4.53. The topological polar surface area (TPSA) is 56.9 Å². The van der Waals surface area contributed by atoms with Gasteiger partial charge in [0.25, 0.3) is 5.91 Å². The Balaban J connectivity index is 1.50. The Morgan fingerprint density at radius 1 is 1.15 bits per heavy atom. The highest BCUT2D eigenvalue weighted by atomic mass is 32.1. The van der Waals surface area contributed by atoms with Gasteiger partial charge >= 0.3 is 0 Å². The summed E-state index contributed by atoms with van der Waals surface area (Å²) in [6, 6.07) is 8.21. The van der Waals surface area contributed by atoms with Crippen LogP contribution < -0.4 is 10.6 Å². The van der Waals surface area contributed by atoms with Gasteiger partial charge in [-0.25, -0.2) is 0 Å². The molecule has 3 N–H and O–H groups in total. The second-order valence-electron chi connectivity index (χ2n) is 8.85. The van der Waals surface area contributed by atoms with E-state index in [1.165, 1.54) is 16.9 Å². The van der Waals surface area contributed by atoms with E-state index in [9.17, 15) is 4.79 Å². The number of aromatic nitrogens is 1. The maximum atomic E-state index is 13.0. The molecule has 5 heteroatoms. The lowest BCUT2D eigenvalue weighted by molar-refractivity contribution is 0.0935. The number of hydrogen-bond acceptors (Lipinski definition) is 3. The smallest absolute Gasteiger partial charge is 0.256 e. The highest BCUT2D eigenvalue weighted by Crippen LogP contribution is 2.46. The van der Waals surface area contributed by atoms with E-state index in [2.05, 4.69) is 48.5 Å². The van der Waals surface area contributed by atoms with Crippen LogP contribution in [-0.4, -0.2) is 10.9 Å². The first-order chi connectivity index (χ1) is 12.9. The predicted octanol–water partition coefficient (Wildman–Crippen LogP) is 5.23. The van der Waals surface area contributed by atoms with Crippen LogP contribution in [0, 0.1) is 11.3 Å². The second-order valence-corrected chi connectivity index (χ2v) is 9.96. The zero-order chi connectivity index (χ0) is 18.8. The molecule has 0 bridgehead atoms. The van der Waals surface area contributed by atoms with Crippen LogP contribution in [0.3, 0.4) is 0 Å². The molecule has 0 unspecified atom stereocenters. The molecule has 140 valence electrons. The molecule has 0 radical (unpaired) electrons. The maximum Gasteiger partial charge on any atom is 0.256 e. The monoisotopic (exact) mass is 379 g/mol. The molecule has 0 saturated heterocycles. The molecule has 0 saturated carbocycles. The fraction of sp³-hybridized carbons (Fsp3) is 0.409. The zero-order valence-corrected chi connectivity index (χ0v) is 16.8. The maximum absolute atomic E-state index is 13.0. The zero-order valence-electron chi connectivity index (χ0n) is 16.0. The number of benzene rings is 1. The molecule has 3 aromatic rings. The van der Waals surface area contributed by atoms with Crippen LogP contribution >= 0.6 is 11.3 Å². The van der Waals surface area contributed by atoms with Crippen molar-refractivity contribution in [3.63, 3.8) is 0 Å². The SMILES string of the molecule is CC(C)(C)[C@H]1CCc2c(sc3c2C(=O)N[C@H](c2c[nH]c4ccccc24)N3)C1. The highest BCUT2D eigenvalue weighted by molar-refractivity contribution is 7.16. The standard InChI is InChI=1S/C22H25N3OS/c1-22(2,3)12-8-9-14-17(10-12)27-21-18(14)20(26)24-19(25-21)15-11-23-16-7-5-4-6-13(15)16/h4-7,11-12,19,23,25H,8-10H2,1-3H3,(H,24,26)/t12-,19-/m0/s1. The quantitative estimate of drug-likeness (QED) is 0.542. The van der Waals surface area contributed by atoms with Crippen molar-refractivity contribution in [1.82, 2.24) is 10.3 Å². The van der Waals surface area contributed by atoms with E-state index < -0.39 is 0 Å². The first-order valence-electron chi connectivity index (χ1n) is 9.70. The van der Waals surface area contributed by atoms with Gasteiger partial charge in [-0.2, -0.15) is 0 Å². The van der Waals surface area contributed by atoms with Gasteiger partial charge in [-0.05, 0) is 42.2 Å². The van der Waals surface area contributed by atoms with E-state index >= 15 is 0 Å². The Labute approximate surface area is 163 Å². The first kappa shape index (κ1) is 16.9. The van der Waals surface area contributed by atoms with Crippen molar-refractivity contribution in [1.29, 1.82) is 0 Å². The van der Waals surface area contributed by atoms with Crippen molar-refractivity contribution >= 4 is 33.1 Å². The number of para-hydroxylation sites is 1. The van der Waals surface area contributed by atoms with Gasteiger partial charge in [0.05, 0.1) is 5.56 Å². The van der Waals surface area contributed by atoms with Crippen molar-refractivity contribution in [2.45, 2.75) is 46.2 Å². The Kier molecular flexibility index (Phi) is 3.66. The molecule has 1 aliphatic carbocycles. The lowest BCUT2D eigenvalue weighted by Crippen LogP contribution is -2.38. The summed E-state index contributed by atoms with van der Waals surface area (Å²) in [5.41, 5.74) is 4.65. The van der Waals surface area contributed by atoms with E-state index in [4.69, 9.17) is 0 Å². The predicted molar refractivity (Wildman–Crippen MR) is 111 cm³/mol. The normalized spacial score (nSPS) is 22.1. The van der Waals surface area contributed by atoms with E-state index in [-0.39, 0.29) is 12.1 Å². The Morgan fingerprint density at radius 3 is 2.78 bits per heavy atom. The number of fused-ring (bicyclic) bond motifs is 4. The summed E-state index contributed by atoms with van der Waals surface area (Å²) in [5, 5.41) is 8.96. The van der Waals surface area contributed by atoms with E-state index in [1.807, 2.05) is 18.3 Å². The molecule has 2 aromatic heterocycles. The highest BCUT2D eigenvalue weighted by Gasteiger charge is 2.36. The number of amides is 1. The van der Waals surface area contributed by atoms with Gasteiger partial charge < -0.3 is 15.6 Å². The summed E-state index contributed by atoms with van der Waals surface area (Å²) in [5.74, 6) is 0.739. The van der Waals surface area contributed by atoms with Crippen molar-refractivity contribution in [3.8, 4) is 0 Å². The molecule has 1 amide bonds. The minimum atomic E-state index is -0.195. The average Bonchev–Trinajstić information content (AvgIpc) is 3.21. The first-order valence-corrected chi connectivity index (χ1v) is 10.5. The van der Waals surface area contributed by atoms with E-state index in [1.54, 1.807) is 11.3 Å². The summed E-state index contributed by atoms with van der Waals surface area (Å²) < 4.78 is 0. The van der Waals surface area contributed by atoms with Gasteiger partial charge in [-0.3, -0.25) is 4.79 Å². The fourth-order valence-corrected chi connectivity index (χ4v) is 5.88. The Bertz CT molecular complexity index is 1040. The molecule has 2 atom stereocenters. The average molecular weight is 380 g/mol. The third-order valence-electron chi connectivity index (χ3n) is 6.20. The van der Waals surface area contributed by atoms with Crippen molar-refractivity contribution in [3.05, 3.63) is 52.0 Å². The van der Waals surface area contributed by atoms with Crippen LogP contribution in [0.1, 0.15) is 59.7 Å². The number of carbonyl (C=O) groups is 1. The summed E-state index contributed by atoms with van der Waals surface area (Å²) in [4.78, 5) is 17.7. The van der Waals surface area contributed by atoms with E-state index in [0.717, 1.165) is 39.9 Å². The molecule has 2 aliphatic rings. The molecule has 1 aromatic carbocycles. The van der Waals surface area contributed by atoms with Crippen LogP contribution in [0.2, 0.25) is 0 Å². The minimum absolute atomic E-state index is 0.0609. The van der Waals surface area contributed by atoms with Gasteiger partial charge in [-0.15, -0.1) is 11.3 Å². The van der Waals surface area contributed by atoms with Crippen LogP contribution in [0.25, 0.3) is 10.9 Å². The molecular formula is C22H25N3OS. The number of carbonyl (C=O) groups excluding carboxylic acids is 1.